The van der Waals surface area contributed by atoms with Crippen molar-refractivity contribution in [3.63, 3.8) is 0 Å². The van der Waals surface area contributed by atoms with Crippen LogP contribution in [0.15, 0.2) is 40.6 Å². The van der Waals surface area contributed by atoms with Crippen LogP contribution in [-0.2, 0) is 9.63 Å². The predicted molar refractivity (Wildman–Crippen MR) is 60.5 cm³/mol. The third-order valence-electron chi connectivity index (χ3n) is 2.16. The van der Waals surface area contributed by atoms with Gasteiger partial charge in [-0.2, -0.15) is 0 Å². The lowest BCUT2D eigenvalue weighted by atomic mass is 10.0. The van der Waals surface area contributed by atoms with Crippen LogP contribution in [-0.4, -0.2) is 11.7 Å². The van der Waals surface area contributed by atoms with Crippen molar-refractivity contribution in [3.8, 4) is 0 Å². The van der Waals surface area contributed by atoms with Gasteiger partial charge in [0.25, 0.3) is 0 Å². The van der Waals surface area contributed by atoms with Crippen LogP contribution in [0.1, 0.15) is 27.2 Å². The zero-order valence-electron chi connectivity index (χ0n) is 9.28. The monoisotopic (exact) mass is 205 g/mol. The Morgan fingerprint density at radius 2 is 2.20 bits per heavy atom. The van der Waals surface area contributed by atoms with Gasteiger partial charge in [-0.1, -0.05) is 36.4 Å². The molecule has 0 spiro atoms. The third-order valence-corrected chi connectivity index (χ3v) is 2.16. The molecule has 0 N–H and O–H groups in total. The summed E-state index contributed by atoms with van der Waals surface area (Å²) in [4.78, 5) is 15.9. The molecule has 3 heteroatoms. The van der Waals surface area contributed by atoms with Crippen molar-refractivity contribution >= 4 is 11.7 Å². The Labute approximate surface area is 89.8 Å². The van der Waals surface area contributed by atoms with Gasteiger partial charge in [-0.05, 0) is 25.8 Å². The maximum Gasteiger partial charge on any atom is 0.367 e. The minimum atomic E-state index is -0.368. The summed E-state index contributed by atoms with van der Waals surface area (Å²) in [5.74, 6) is -0.368. The van der Waals surface area contributed by atoms with Crippen LogP contribution in [0.5, 0.6) is 0 Å². The number of oxime groups is 1. The van der Waals surface area contributed by atoms with E-state index in [-0.39, 0.29) is 5.97 Å². The van der Waals surface area contributed by atoms with Crippen molar-refractivity contribution in [3.05, 3.63) is 35.5 Å². The minimum Gasteiger partial charge on any atom is -0.312 e. The summed E-state index contributed by atoms with van der Waals surface area (Å²) in [5, 5.41) is 3.79. The van der Waals surface area contributed by atoms with Gasteiger partial charge in [0.05, 0.1) is 5.57 Å². The molecule has 3 nitrogen and oxygen atoms in total. The fourth-order valence-electron chi connectivity index (χ4n) is 1.34. The average Bonchev–Trinajstić information content (AvgIpc) is 2.61. The SMILES string of the molecule is C/C=C\C=C(/CC)C1=NOC(=O)/C1=C\C. The smallest absolute Gasteiger partial charge is 0.312 e. The summed E-state index contributed by atoms with van der Waals surface area (Å²) in [5.41, 5.74) is 2.21. The molecule has 0 fully saturated rings. The van der Waals surface area contributed by atoms with Gasteiger partial charge in [0.15, 0.2) is 0 Å². The van der Waals surface area contributed by atoms with Crippen LogP contribution < -0.4 is 0 Å². The Kier molecular flexibility index (Phi) is 4.03. The summed E-state index contributed by atoms with van der Waals surface area (Å²) in [6.07, 6.45) is 8.36. The first-order valence-corrected chi connectivity index (χ1v) is 5.02. The first-order valence-electron chi connectivity index (χ1n) is 5.02. The summed E-state index contributed by atoms with van der Waals surface area (Å²) in [6.45, 7) is 5.77. The van der Waals surface area contributed by atoms with Gasteiger partial charge >= 0.3 is 5.97 Å². The van der Waals surface area contributed by atoms with Crippen LogP contribution in [0.4, 0.5) is 0 Å². The molecule has 0 aromatic carbocycles. The van der Waals surface area contributed by atoms with Crippen LogP contribution in [0.25, 0.3) is 0 Å². The Hall–Kier alpha value is -1.64. The van der Waals surface area contributed by atoms with E-state index in [1.165, 1.54) is 0 Å². The highest BCUT2D eigenvalue weighted by Crippen LogP contribution is 2.19. The minimum absolute atomic E-state index is 0.368. The average molecular weight is 205 g/mol. The lowest BCUT2D eigenvalue weighted by Crippen LogP contribution is -2.07. The van der Waals surface area contributed by atoms with Crippen molar-refractivity contribution in [2.45, 2.75) is 27.2 Å². The molecule has 0 radical (unpaired) electrons. The summed E-state index contributed by atoms with van der Waals surface area (Å²) < 4.78 is 0. The zero-order valence-corrected chi connectivity index (χ0v) is 9.28. The van der Waals surface area contributed by atoms with Gasteiger partial charge in [0, 0.05) is 0 Å². The lowest BCUT2D eigenvalue weighted by Gasteiger charge is -2.01. The first kappa shape index (κ1) is 11.4. The van der Waals surface area contributed by atoms with Crippen LogP contribution in [0, 0.1) is 0 Å². The van der Waals surface area contributed by atoms with E-state index in [4.69, 9.17) is 0 Å². The second-order valence-electron chi connectivity index (χ2n) is 3.09. The topological polar surface area (TPSA) is 38.7 Å². The van der Waals surface area contributed by atoms with Gasteiger partial charge in [0.2, 0.25) is 0 Å². The van der Waals surface area contributed by atoms with E-state index in [1.807, 2.05) is 32.1 Å². The molecule has 0 saturated carbocycles. The molecule has 0 bridgehead atoms. The number of carbonyl (C=O) groups is 1. The summed E-state index contributed by atoms with van der Waals surface area (Å²) in [7, 11) is 0. The van der Waals surface area contributed by atoms with Crippen LogP contribution in [0.2, 0.25) is 0 Å². The Morgan fingerprint density at radius 1 is 1.47 bits per heavy atom. The highest BCUT2D eigenvalue weighted by atomic mass is 16.7. The van der Waals surface area contributed by atoms with Crippen LogP contribution in [0.3, 0.4) is 0 Å². The molecule has 0 aromatic heterocycles. The standard InChI is InChI=1S/C12H15NO2/c1-4-7-8-9(5-2)11-10(6-3)12(14)15-13-11/h4,6-8H,5H2,1-3H3/b7-4-,9-8+,10-6-. The largest absolute Gasteiger partial charge is 0.367 e. The first-order chi connectivity index (χ1) is 7.24. The molecule has 0 atom stereocenters. The van der Waals surface area contributed by atoms with Gasteiger partial charge in [-0.25, -0.2) is 4.79 Å². The summed E-state index contributed by atoms with van der Waals surface area (Å²) in [6, 6.07) is 0. The lowest BCUT2D eigenvalue weighted by molar-refractivity contribution is -0.136. The quantitative estimate of drug-likeness (QED) is 0.403. The third kappa shape index (κ3) is 2.43. The highest BCUT2D eigenvalue weighted by molar-refractivity contribution is 6.28. The summed E-state index contributed by atoms with van der Waals surface area (Å²) >= 11 is 0. The van der Waals surface area contributed by atoms with E-state index < -0.39 is 0 Å². The van der Waals surface area contributed by atoms with Crippen molar-refractivity contribution in [2.75, 3.05) is 0 Å². The molecule has 0 aliphatic carbocycles. The Bertz CT molecular complexity index is 373. The number of allylic oxidation sites excluding steroid dienone is 5. The van der Waals surface area contributed by atoms with Crippen molar-refractivity contribution in [1.29, 1.82) is 0 Å². The molecule has 1 aliphatic rings. The molecule has 1 aliphatic heterocycles. The van der Waals surface area contributed by atoms with E-state index in [2.05, 4.69) is 9.99 Å². The van der Waals surface area contributed by atoms with E-state index in [9.17, 15) is 4.79 Å². The fourth-order valence-corrected chi connectivity index (χ4v) is 1.34. The Balaban J connectivity index is 3.01. The highest BCUT2D eigenvalue weighted by Gasteiger charge is 2.26. The number of nitrogens with zero attached hydrogens (tertiary/aromatic N) is 1. The van der Waals surface area contributed by atoms with E-state index in [1.54, 1.807) is 13.0 Å². The molecule has 1 heterocycles. The second kappa shape index (κ2) is 5.29. The maximum absolute atomic E-state index is 11.3. The van der Waals surface area contributed by atoms with E-state index in [0.717, 1.165) is 12.0 Å². The molecular weight excluding hydrogens is 190 g/mol. The van der Waals surface area contributed by atoms with Gasteiger partial charge < -0.3 is 4.84 Å². The zero-order chi connectivity index (χ0) is 11.3. The number of carbonyl (C=O) groups excluding carboxylic acids is 1. The molecule has 0 aromatic rings. The number of hydrogen-bond donors (Lipinski definition) is 0. The normalized spacial score (nSPS) is 19.9. The predicted octanol–water partition coefficient (Wildman–Crippen LogP) is 2.76. The fraction of sp³-hybridized carbons (Fsp3) is 0.333. The Morgan fingerprint density at radius 3 is 2.73 bits per heavy atom. The van der Waals surface area contributed by atoms with Crippen molar-refractivity contribution < 1.29 is 9.63 Å². The molecule has 0 saturated heterocycles. The maximum atomic E-state index is 11.3. The molecule has 0 unspecified atom stereocenters. The van der Waals surface area contributed by atoms with Crippen molar-refractivity contribution in [2.24, 2.45) is 5.16 Å². The second-order valence-corrected chi connectivity index (χ2v) is 3.09. The van der Waals surface area contributed by atoms with Crippen LogP contribution >= 0.6 is 0 Å². The molecule has 80 valence electrons. The molecule has 15 heavy (non-hydrogen) atoms. The number of rotatable bonds is 3. The molecular formula is C12H15NO2. The molecule has 1 rings (SSSR count). The van der Waals surface area contributed by atoms with Gasteiger partial charge in [-0.3, -0.25) is 0 Å². The number of hydrogen-bond acceptors (Lipinski definition) is 3. The van der Waals surface area contributed by atoms with Gasteiger partial charge in [0.1, 0.15) is 5.71 Å². The van der Waals surface area contributed by atoms with Gasteiger partial charge in [-0.15, -0.1) is 0 Å². The molecule has 0 amide bonds. The van der Waals surface area contributed by atoms with E-state index in [0.29, 0.717) is 11.3 Å². The van der Waals surface area contributed by atoms with E-state index >= 15 is 0 Å². The van der Waals surface area contributed by atoms with Crippen molar-refractivity contribution in [1.82, 2.24) is 0 Å².